The Labute approximate surface area is 344 Å². The van der Waals surface area contributed by atoms with Crippen LogP contribution < -0.4 is 0 Å². The van der Waals surface area contributed by atoms with E-state index >= 15 is 0 Å². The Morgan fingerprint density at radius 3 is 1.00 bits per heavy atom. The van der Waals surface area contributed by atoms with Crippen LogP contribution in [0.2, 0.25) is 0 Å². The largest absolute Gasteiger partial charge is 0.301 e. The van der Waals surface area contributed by atoms with Crippen molar-refractivity contribution in [2.75, 3.05) is 0 Å². The first-order chi connectivity index (χ1) is 28.7. The van der Waals surface area contributed by atoms with Gasteiger partial charge in [0, 0.05) is 47.8 Å². The highest BCUT2D eigenvalue weighted by Gasteiger charge is 2.17. The van der Waals surface area contributed by atoms with Gasteiger partial charge in [-0.25, -0.2) is 0 Å². The highest BCUT2D eigenvalue weighted by Crippen LogP contribution is 2.33. The van der Waals surface area contributed by atoms with Crippen LogP contribution in [0, 0.1) is 11.8 Å². The predicted molar refractivity (Wildman–Crippen MR) is 247 cm³/mol. The summed E-state index contributed by atoms with van der Waals surface area (Å²) in [6, 6.07) is 73.9. The molecule has 1 heteroatoms. The zero-order valence-electron chi connectivity index (χ0n) is 32.5. The van der Waals surface area contributed by atoms with E-state index in [1.54, 1.807) is 0 Å². The molecule has 0 saturated heterocycles. The molecule has 0 unspecified atom stereocenters. The average Bonchev–Trinajstić information content (AvgIpc) is 3.31. The van der Waals surface area contributed by atoms with Gasteiger partial charge in [0.2, 0.25) is 0 Å². The molecule has 0 radical (unpaired) electrons. The van der Waals surface area contributed by atoms with Gasteiger partial charge in [0.05, 0.1) is 11.3 Å². The third kappa shape index (κ3) is 10.4. The normalized spacial score (nSPS) is 12.5. The van der Waals surface area contributed by atoms with Crippen LogP contribution in [0.15, 0.2) is 272 Å². The van der Waals surface area contributed by atoms with E-state index in [0.717, 1.165) is 5.57 Å². The van der Waals surface area contributed by atoms with Crippen LogP contribution in [0.1, 0.15) is 44.9 Å². The van der Waals surface area contributed by atoms with Gasteiger partial charge in [0.15, 0.2) is 0 Å². The molecule has 0 saturated carbocycles. The Kier molecular flexibility index (Phi) is 13.7. The van der Waals surface area contributed by atoms with Crippen molar-refractivity contribution in [1.82, 2.24) is 0 Å². The van der Waals surface area contributed by atoms with Gasteiger partial charge in [-0.05, 0) is 75.4 Å². The summed E-state index contributed by atoms with van der Waals surface area (Å²) in [7, 11) is 0. The monoisotopic (exact) mass is 744 g/mol. The fourth-order valence-electron chi connectivity index (χ4n) is 7.17. The van der Waals surface area contributed by atoms with E-state index < -0.39 is 0 Å². The van der Waals surface area contributed by atoms with Crippen LogP contribution in [-0.2, 0) is 0 Å². The van der Waals surface area contributed by atoms with E-state index in [0.29, 0.717) is 11.6 Å². The van der Waals surface area contributed by atoms with E-state index in [9.17, 15) is 0 Å². The number of rotatable bonds is 7. The highest BCUT2D eigenvalue weighted by molar-refractivity contribution is 6.05. The van der Waals surface area contributed by atoms with Gasteiger partial charge in [-0.2, -0.15) is 0 Å². The maximum Gasteiger partial charge on any atom is 0.105 e. The molecular formula is C57H46N+. The lowest BCUT2D eigenvalue weighted by molar-refractivity contribution is 0.977. The van der Waals surface area contributed by atoms with Crippen LogP contribution in [0.5, 0.6) is 0 Å². The maximum absolute atomic E-state index is 7.63. The van der Waals surface area contributed by atoms with E-state index in [1.165, 1.54) is 55.7 Å². The molecule has 9 rings (SSSR count). The second kappa shape index (κ2) is 20.4. The van der Waals surface area contributed by atoms with Crippen molar-refractivity contribution in [2.24, 2.45) is 0 Å². The SMILES string of the molecule is C1=C[CH+]C(=C(c2ccccc2)c2ccccc2)C=C1.N=C1C=CC(=C(c2ccccc2)c2ccccc2)C=C1.c1ccc(C(c2ccccc2)c2ccccc2)cc1. The fraction of sp³-hybridized carbons (Fsp3) is 0.0175. The number of allylic oxidation sites excluding steroid dienone is 10. The Morgan fingerprint density at radius 1 is 0.345 bits per heavy atom. The zero-order valence-corrected chi connectivity index (χ0v) is 32.5. The number of nitrogens with one attached hydrogen (secondary N) is 1. The van der Waals surface area contributed by atoms with Gasteiger partial charge < -0.3 is 5.41 Å². The molecule has 278 valence electrons. The van der Waals surface area contributed by atoms with E-state index in [4.69, 9.17) is 5.41 Å². The van der Waals surface area contributed by atoms with Gasteiger partial charge >= 0.3 is 0 Å². The van der Waals surface area contributed by atoms with E-state index in [2.05, 4.69) is 231 Å². The van der Waals surface area contributed by atoms with Gasteiger partial charge in [-0.15, -0.1) is 0 Å². The number of hydrogen-bond donors (Lipinski definition) is 1. The van der Waals surface area contributed by atoms with Gasteiger partial charge in [-0.3, -0.25) is 0 Å². The van der Waals surface area contributed by atoms with Crippen molar-refractivity contribution in [3.8, 4) is 0 Å². The van der Waals surface area contributed by atoms with Crippen molar-refractivity contribution in [3.05, 3.63) is 317 Å². The molecule has 1 N–H and O–H groups in total. The molecule has 0 aromatic heterocycles. The minimum absolute atomic E-state index is 0.309. The van der Waals surface area contributed by atoms with Crippen molar-refractivity contribution in [3.63, 3.8) is 0 Å². The van der Waals surface area contributed by atoms with E-state index in [-0.39, 0.29) is 0 Å². The first-order valence-corrected chi connectivity index (χ1v) is 19.7. The number of hydrogen-bond acceptors (Lipinski definition) is 1. The van der Waals surface area contributed by atoms with Crippen molar-refractivity contribution in [2.45, 2.75) is 5.92 Å². The Balaban J connectivity index is 0.000000132. The molecule has 0 spiro atoms. The third-order valence-corrected chi connectivity index (χ3v) is 9.88. The minimum atomic E-state index is 0.309. The highest BCUT2D eigenvalue weighted by atomic mass is 14.4. The fourth-order valence-corrected chi connectivity index (χ4v) is 7.17. The average molecular weight is 745 g/mol. The molecule has 58 heavy (non-hydrogen) atoms. The molecule has 0 amide bonds. The second-order valence-corrected chi connectivity index (χ2v) is 13.8. The standard InChI is InChI=1S/C19H15N.C19H16.C19H15/c20-18-13-11-17(12-14-18)19(15-7-3-1-4-8-15)16-9-5-2-6-10-16;2*1-4-10-16(11-5-1)19(17-12-6-2-7-13-17)18-14-8-3-9-15-18/h1-14,20H;1-15,19H;1-15H/q;;+1. The molecule has 2 aliphatic rings. The van der Waals surface area contributed by atoms with E-state index in [1.807, 2.05) is 36.4 Å². The lowest BCUT2D eigenvalue weighted by Gasteiger charge is -2.18. The Bertz CT molecular complexity index is 2330. The van der Waals surface area contributed by atoms with Crippen LogP contribution in [0.3, 0.4) is 0 Å². The number of benzene rings is 7. The van der Waals surface area contributed by atoms with Gasteiger partial charge in [0.1, 0.15) is 5.57 Å². The van der Waals surface area contributed by atoms with Gasteiger partial charge in [-0.1, -0.05) is 200 Å². The molecule has 0 bridgehead atoms. The molecule has 1 nitrogen and oxygen atoms in total. The lowest BCUT2D eigenvalue weighted by atomic mass is 9.85. The molecule has 2 aliphatic carbocycles. The minimum Gasteiger partial charge on any atom is -0.301 e. The summed E-state index contributed by atoms with van der Waals surface area (Å²) in [5.74, 6) is 0.309. The van der Waals surface area contributed by atoms with Crippen LogP contribution in [0.25, 0.3) is 11.1 Å². The lowest BCUT2D eigenvalue weighted by Crippen LogP contribution is -2.02. The summed E-state index contributed by atoms with van der Waals surface area (Å²) >= 11 is 0. The molecule has 7 aromatic carbocycles. The predicted octanol–water partition coefficient (Wildman–Crippen LogP) is 14.3. The quantitative estimate of drug-likeness (QED) is 0.124. The van der Waals surface area contributed by atoms with Crippen LogP contribution in [-0.4, -0.2) is 5.71 Å². The second-order valence-electron chi connectivity index (χ2n) is 13.8. The van der Waals surface area contributed by atoms with Crippen molar-refractivity contribution >= 4 is 16.9 Å². The molecule has 0 atom stereocenters. The zero-order chi connectivity index (χ0) is 39.6. The van der Waals surface area contributed by atoms with Gasteiger partial charge in [0.25, 0.3) is 0 Å². The summed E-state index contributed by atoms with van der Waals surface area (Å²) in [6.45, 7) is 0. The molecule has 0 fully saturated rings. The maximum atomic E-state index is 7.63. The Hall–Kier alpha value is -7.48. The molecular weight excluding hydrogens is 699 g/mol. The summed E-state index contributed by atoms with van der Waals surface area (Å²) in [4.78, 5) is 0. The summed E-state index contributed by atoms with van der Waals surface area (Å²) in [5.41, 5.74) is 14.3. The van der Waals surface area contributed by atoms with Crippen LogP contribution in [0.4, 0.5) is 0 Å². The summed E-state index contributed by atoms with van der Waals surface area (Å²) < 4.78 is 0. The molecule has 0 heterocycles. The van der Waals surface area contributed by atoms with Crippen molar-refractivity contribution in [1.29, 1.82) is 5.41 Å². The third-order valence-electron chi connectivity index (χ3n) is 9.88. The molecule has 7 aromatic rings. The van der Waals surface area contributed by atoms with Crippen LogP contribution >= 0.6 is 0 Å². The molecule has 0 aliphatic heterocycles. The topological polar surface area (TPSA) is 23.9 Å². The van der Waals surface area contributed by atoms with Crippen molar-refractivity contribution < 1.29 is 0 Å². The smallest absolute Gasteiger partial charge is 0.105 e. The first-order valence-electron chi connectivity index (χ1n) is 19.7. The Morgan fingerprint density at radius 2 is 0.672 bits per heavy atom. The first kappa shape index (κ1) is 38.8. The summed E-state index contributed by atoms with van der Waals surface area (Å²) in [6.07, 6.45) is 18.2. The summed E-state index contributed by atoms with van der Waals surface area (Å²) in [5, 5.41) is 7.63.